The van der Waals surface area contributed by atoms with E-state index in [2.05, 4.69) is 0 Å². The molecule has 2 atom stereocenters. The van der Waals surface area contributed by atoms with Gasteiger partial charge in [-0.25, -0.2) is 0 Å². The zero-order chi connectivity index (χ0) is 20.3. The Kier molecular flexibility index (Phi) is 7.12. The number of carbonyl (C=O) groups excluding carboxylic acids is 3. The molecular weight excluding hydrogens is 400 g/mol. The molecule has 2 aliphatic rings. The third-order valence-electron chi connectivity index (χ3n) is 5.34. The van der Waals surface area contributed by atoms with Crippen LogP contribution in [0.4, 0.5) is 0 Å². The van der Waals surface area contributed by atoms with Crippen molar-refractivity contribution >= 4 is 40.5 Å². The van der Waals surface area contributed by atoms with Gasteiger partial charge in [-0.3, -0.25) is 14.4 Å². The Morgan fingerprint density at radius 1 is 1.07 bits per heavy atom. The highest BCUT2D eigenvalue weighted by Crippen LogP contribution is 2.25. The highest BCUT2D eigenvalue weighted by Gasteiger charge is 2.33. The molecule has 3 heterocycles. The van der Waals surface area contributed by atoms with Crippen molar-refractivity contribution in [3.63, 3.8) is 0 Å². The summed E-state index contributed by atoms with van der Waals surface area (Å²) in [6.45, 7) is 6.40. The Balaban J connectivity index is 1.43. The molecule has 8 heteroatoms. The number of amides is 2. The first kappa shape index (κ1) is 21.3. The summed E-state index contributed by atoms with van der Waals surface area (Å²) >= 11 is 7.09. The van der Waals surface area contributed by atoms with Crippen LogP contribution in [0.2, 0.25) is 4.34 Å². The Morgan fingerprint density at radius 3 is 2.29 bits per heavy atom. The quantitative estimate of drug-likeness (QED) is 0.678. The lowest BCUT2D eigenvalue weighted by Gasteiger charge is -2.39. The highest BCUT2D eigenvalue weighted by atomic mass is 35.5. The van der Waals surface area contributed by atoms with Gasteiger partial charge in [0, 0.05) is 44.9 Å². The summed E-state index contributed by atoms with van der Waals surface area (Å²) in [5, 5.41) is 0. The van der Waals surface area contributed by atoms with Gasteiger partial charge in [0.25, 0.3) is 0 Å². The maximum Gasteiger partial charge on any atom is 0.225 e. The number of piperidine rings is 1. The van der Waals surface area contributed by atoms with Gasteiger partial charge in [-0.1, -0.05) is 11.6 Å². The Morgan fingerprint density at radius 2 is 1.71 bits per heavy atom. The van der Waals surface area contributed by atoms with Gasteiger partial charge in [0.05, 0.1) is 21.4 Å². The van der Waals surface area contributed by atoms with E-state index in [9.17, 15) is 14.4 Å². The Hall–Kier alpha value is -1.44. The van der Waals surface area contributed by atoms with Crippen molar-refractivity contribution in [2.75, 3.05) is 26.2 Å². The van der Waals surface area contributed by atoms with Crippen LogP contribution in [0.15, 0.2) is 12.1 Å². The van der Waals surface area contributed by atoms with Gasteiger partial charge in [-0.15, -0.1) is 11.3 Å². The normalized spacial score (nSPS) is 23.7. The summed E-state index contributed by atoms with van der Waals surface area (Å²) < 4.78 is 6.28. The molecule has 3 rings (SSSR count). The minimum absolute atomic E-state index is 0.0180. The summed E-state index contributed by atoms with van der Waals surface area (Å²) in [6, 6.07) is 3.39. The Bertz CT molecular complexity index is 720. The molecule has 2 aliphatic heterocycles. The first-order valence-electron chi connectivity index (χ1n) is 9.84. The van der Waals surface area contributed by atoms with E-state index < -0.39 is 0 Å². The van der Waals surface area contributed by atoms with Gasteiger partial charge in [0.15, 0.2) is 5.78 Å². The van der Waals surface area contributed by atoms with E-state index in [0.717, 1.165) is 0 Å². The number of carbonyl (C=O) groups is 3. The maximum absolute atomic E-state index is 12.8. The number of nitrogens with zero attached hydrogens (tertiary/aromatic N) is 2. The van der Waals surface area contributed by atoms with Crippen LogP contribution < -0.4 is 0 Å². The van der Waals surface area contributed by atoms with Crippen LogP contribution >= 0.6 is 22.9 Å². The molecule has 6 nitrogen and oxygen atoms in total. The van der Waals surface area contributed by atoms with Crippen LogP contribution in [-0.4, -0.2) is 65.8 Å². The summed E-state index contributed by atoms with van der Waals surface area (Å²) in [5.74, 6) is 0.0803. The lowest BCUT2D eigenvalue weighted by Crippen LogP contribution is -2.51. The summed E-state index contributed by atoms with van der Waals surface area (Å²) in [7, 11) is 0. The summed E-state index contributed by atoms with van der Waals surface area (Å²) in [4.78, 5) is 41.7. The van der Waals surface area contributed by atoms with Gasteiger partial charge in [-0.2, -0.15) is 0 Å². The fourth-order valence-corrected chi connectivity index (χ4v) is 4.97. The van der Waals surface area contributed by atoms with Crippen molar-refractivity contribution in [3.8, 4) is 0 Å². The maximum atomic E-state index is 12.8. The van der Waals surface area contributed by atoms with Crippen LogP contribution in [0, 0.1) is 5.92 Å². The number of thiophene rings is 1. The fourth-order valence-electron chi connectivity index (χ4n) is 3.96. The van der Waals surface area contributed by atoms with E-state index in [1.54, 1.807) is 17.0 Å². The van der Waals surface area contributed by atoms with Crippen LogP contribution in [0.3, 0.4) is 0 Å². The molecule has 28 heavy (non-hydrogen) atoms. The SMILES string of the molecule is CC1CN(C(=O)C2CCN(C(=O)CCC(=O)c3ccc(Cl)s3)CC2)CC(C)O1. The number of ketones is 1. The fraction of sp³-hybridized carbons (Fsp3) is 0.650. The minimum atomic E-state index is -0.0501. The molecule has 0 aliphatic carbocycles. The zero-order valence-electron chi connectivity index (χ0n) is 16.4. The van der Waals surface area contributed by atoms with E-state index in [0.29, 0.717) is 48.2 Å². The zero-order valence-corrected chi connectivity index (χ0v) is 17.9. The highest BCUT2D eigenvalue weighted by molar-refractivity contribution is 7.18. The number of Topliss-reactive ketones (excluding diaryl/α,β-unsaturated/α-hetero) is 1. The van der Waals surface area contributed by atoms with E-state index >= 15 is 0 Å². The molecular formula is C20H27ClN2O4S. The second kappa shape index (κ2) is 9.37. The number of rotatable bonds is 5. The van der Waals surface area contributed by atoms with Gasteiger partial charge in [0.2, 0.25) is 11.8 Å². The molecule has 0 aromatic carbocycles. The van der Waals surface area contributed by atoms with E-state index in [1.165, 1.54) is 11.3 Å². The second-order valence-corrected chi connectivity index (χ2v) is 9.40. The largest absolute Gasteiger partial charge is 0.372 e. The third kappa shape index (κ3) is 5.33. The summed E-state index contributed by atoms with van der Waals surface area (Å²) in [6.07, 6.45) is 1.87. The molecule has 2 unspecified atom stereocenters. The minimum Gasteiger partial charge on any atom is -0.372 e. The Labute approximate surface area is 174 Å². The molecule has 0 N–H and O–H groups in total. The van der Waals surface area contributed by atoms with Gasteiger partial charge in [0.1, 0.15) is 0 Å². The predicted molar refractivity (Wildman–Crippen MR) is 109 cm³/mol. The first-order valence-corrected chi connectivity index (χ1v) is 11.0. The van der Waals surface area contributed by atoms with Crippen molar-refractivity contribution in [3.05, 3.63) is 21.3 Å². The molecule has 2 amide bonds. The number of halogens is 1. The van der Waals surface area contributed by atoms with E-state index in [-0.39, 0.29) is 48.6 Å². The molecule has 0 spiro atoms. The molecule has 0 saturated carbocycles. The topological polar surface area (TPSA) is 66.9 Å². The van der Waals surface area contributed by atoms with Crippen LogP contribution in [0.1, 0.15) is 49.2 Å². The predicted octanol–water partition coefficient (Wildman–Crippen LogP) is 3.24. The first-order chi connectivity index (χ1) is 13.3. The molecule has 0 bridgehead atoms. The molecule has 2 saturated heterocycles. The average Bonchev–Trinajstić information content (AvgIpc) is 3.11. The second-order valence-electron chi connectivity index (χ2n) is 7.68. The van der Waals surface area contributed by atoms with Crippen LogP contribution in [-0.2, 0) is 14.3 Å². The van der Waals surface area contributed by atoms with Crippen LogP contribution in [0.25, 0.3) is 0 Å². The van der Waals surface area contributed by atoms with Gasteiger partial charge < -0.3 is 14.5 Å². The number of hydrogen-bond donors (Lipinski definition) is 0. The third-order valence-corrected chi connectivity index (χ3v) is 6.61. The smallest absolute Gasteiger partial charge is 0.225 e. The van der Waals surface area contributed by atoms with E-state index in [1.807, 2.05) is 18.7 Å². The van der Waals surface area contributed by atoms with Crippen molar-refractivity contribution in [1.82, 2.24) is 9.80 Å². The number of hydrogen-bond acceptors (Lipinski definition) is 5. The lowest BCUT2D eigenvalue weighted by molar-refractivity contribution is -0.150. The van der Waals surface area contributed by atoms with E-state index in [4.69, 9.17) is 16.3 Å². The molecule has 1 aromatic rings. The molecule has 154 valence electrons. The van der Waals surface area contributed by atoms with Crippen molar-refractivity contribution < 1.29 is 19.1 Å². The molecule has 1 aromatic heterocycles. The van der Waals surface area contributed by atoms with Gasteiger partial charge in [-0.05, 0) is 38.8 Å². The molecule has 2 fully saturated rings. The lowest BCUT2D eigenvalue weighted by atomic mass is 9.94. The standard InChI is InChI=1S/C20H27ClN2O4S/c1-13-11-23(12-14(2)27-13)20(26)15-7-9-22(10-8-15)19(25)6-3-16(24)17-4-5-18(21)28-17/h4-5,13-15H,3,6-12H2,1-2H3. The monoisotopic (exact) mass is 426 g/mol. The molecule has 0 radical (unpaired) electrons. The number of ether oxygens (including phenoxy) is 1. The van der Waals surface area contributed by atoms with Crippen LogP contribution in [0.5, 0.6) is 0 Å². The van der Waals surface area contributed by atoms with Gasteiger partial charge >= 0.3 is 0 Å². The van der Waals surface area contributed by atoms with Crippen molar-refractivity contribution in [2.24, 2.45) is 5.92 Å². The number of morpholine rings is 1. The number of likely N-dealkylation sites (tertiary alicyclic amines) is 1. The summed E-state index contributed by atoms with van der Waals surface area (Å²) in [5.41, 5.74) is 0. The van der Waals surface area contributed by atoms with Crippen molar-refractivity contribution in [2.45, 2.75) is 51.7 Å². The van der Waals surface area contributed by atoms with Crippen molar-refractivity contribution in [1.29, 1.82) is 0 Å². The average molecular weight is 427 g/mol.